The maximum atomic E-state index is 13.5. The van der Waals surface area contributed by atoms with Gasteiger partial charge < -0.3 is 0 Å². The summed E-state index contributed by atoms with van der Waals surface area (Å²) in [5, 5.41) is 10.9. The Kier molecular flexibility index (Phi) is 3.87. The largest absolute Gasteiger partial charge is 0.324 e. The van der Waals surface area contributed by atoms with Gasteiger partial charge in [0.25, 0.3) is 0 Å². The van der Waals surface area contributed by atoms with Gasteiger partial charge in [0.1, 0.15) is 0 Å². The van der Waals surface area contributed by atoms with Gasteiger partial charge in [0.05, 0.1) is 4.92 Å². The Morgan fingerprint density at radius 3 is 2.70 bits per heavy atom. The van der Waals surface area contributed by atoms with E-state index in [2.05, 4.69) is 0 Å². The normalized spacial score (nSPS) is 16.8. The zero-order chi connectivity index (χ0) is 14.9. The lowest BCUT2D eigenvalue weighted by molar-refractivity contribution is -0.390. The predicted octanol–water partition coefficient (Wildman–Crippen LogP) is 2.07. The molecule has 1 heterocycles. The Labute approximate surface area is 115 Å². The van der Waals surface area contributed by atoms with E-state index < -0.39 is 31.3 Å². The molecule has 8 heteroatoms. The number of hydrogen-bond acceptors (Lipinski definition) is 4. The zero-order valence-electron chi connectivity index (χ0n) is 10.7. The van der Waals surface area contributed by atoms with Crippen molar-refractivity contribution in [2.45, 2.75) is 18.2 Å². The van der Waals surface area contributed by atoms with Gasteiger partial charge in [-0.05, 0) is 25.5 Å². The van der Waals surface area contributed by atoms with Crippen molar-refractivity contribution in [2.24, 2.45) is 0 Å². The van der Waals surface area contributed by atoms with Crippen molar-refractivity contribution in [3.05, 3.63) is 45.8 Å². The standard InChI is InChI=1S/C12H13FN2O4S/c1-9-4-3-7-14(8-9)20(18,19)11-6-2-5-10(13)12(11)15(16)17/h2,4-6H,3,7-8H2,1H3. The highest BCUT2D eigenvalue weighted by Gasteiger charge is 2.34. The molecule has 0 N–H and O–H groups in total. The van der Waals surface area contributed by atoms with Crippen LogP contribution in [0.3, 0.4) is 0 Å². The molecule has 1 aliphatic rings. The molecule has 1 aromatic rings. The van der Waals surface area contributed by atoms with Crippen molar-refractivity contribution in [3.8, 4) is 0 Å². The summed E-state index contributed by atoms with van der Waals surface area (Å²) < 4.78 is 39.5. The molecular weight excluding hydrogens is 287 g/mol. The summed E-state index contributed by atoms with van der Waals surface area (Å²) in [7, 11) is -4.08. The first kappa shape index (κ1) is 14.6. The molecule has 0 fully saturated rings. The second kappa shape index (κ2) is 5.29. The second-order valence-electron chi connectivity index (χ2n) is 4.52. The summed E-state index contributed by atoms with van der Waals surface area (Å²) in [5.74, 6) is -1.15. The summed E-state index contributed by atoms with van der Waals surface area (Å²) >= 11 is 0. The van der Waals surface area contributed by atoms with Gasteiger partial charge >= 0.3 is 5.69 Å². The summed E-state index contributed by atoms with van der Waals surface area (Å²) in [6.07, 6.45) is 2.44. The van der Waals surface area contributed by atoms with E-state index in [4.69, 9.17) is 0 Å². The molecule has 0 spiro atoms. The monoisotopic (exact) mass is 300 g/mol. The quantitative estimate of drug-likeness (QED) is 0.486. The smallest absolute Gasteiger partial charge is 0.258 e. The van der Waals surface area contributed by atoms with Crippen LogP contribution in [0.15, 0.2) is 34.7 Å². The van der Waals surface area contributed by atoms with E-state index in [1.807, 2.05) is 6.08 Å². The first-order chi connectivity index (χ1) is 9.34. The molecule has 0 atom stereocenters. The van der Waals surface area contributed by atoms with Gasteiger partial charge in [-0.2, -0.15) is 8.70 Å². The van der Waals surface area contributed by atoms with Crippen LogP contribution in [0.25, 0.3) is 0 Å². The van der Waals surface area contributed by atoms with E-state index in [1.54, 1.807) is 6.92 Å². The minimum atomic E-state index is -4.08. The summed E-state index contributed by atoms with van der Waals surface area (Å²) in [4.78, 5) is 9.30. The highest BCUT2D eigenvalue weighted by atomic mass is 32.2. The number of benzene rings is 1. The minimum absolute atomic E-state index is 0.163. The number of nitro benzene ring substituents is 1. The predicted molar refractivity (Wildman–Crippen MR) is 70.2 cm³/mol. The summed E-state index contributed by atoms with van der Waals surface area (Å²) in [6.45, 7) is 2.17. The fourth-order valence-corrected chi connectivity index (χ4v) is 3.77. The van der Waals surface area contributed by atoms with E-state index in [1.165, 1.54) is 0 Å². The van der Waals surface area contributed by atoms with E-state index >= 15 is 0 Å². The van der Waals surface area contributed by atoms with E-state index in [9.17, 15) is 22.9 Å². The Morgan fingerprint density at radius 2 is 2.10 bits per heavy atom. The first-order valence-electron chi connectivity index (χ1n) is 5.92. The van der Waals surface area contributed by atoms with E-state index in [0.29, 0.717) is 6.42 Å². The molecule has 0 aromatic heterocycles. The topological polar surface area (TPSA) is 80.5 Å². The fourth-order valence-electron chi connectivity index (χ4n) is 2.10. The molecule has 0 saturated carbocycles. The van der Waals surface area contributed by atoms with Gasteiger partial charge in [-0.1, -0.05) is 17.7 Å². The summed E-state index contributed by atoms with van der Waals surface area (Å²) in [5.41, 5.74) is -0.140. The lowest BCUT2D eigenvalue weighted by atomic mass is 10.2. The van der Waals surface area contributed by atoms with Crippen molar-refractivity contribution in [2.75, 3.05) is 13.1 Å². The van der Waals surface area contributed by atoms with Crippen LogP contribution in [-0.4, -0.2) is 30.7 Å². The van der Waals surface area contributed by atoms with Crippen molar-refractivity contribution >= 4 is 15.7 Å². The molecule has 1 aliphatic heterocycles. The van der Waals surface area contributed by atoms with Gasteiger partial charge in [0.2, 0.25) is 15.8 Å². The molecular formula is C12H13FN2O4S. The van der Waals surface area contributed by atoms with Gasteiger partial charge in [-0.15, -0.1) is 0 Å². The van der Waals surface area contributed by atoms with Crippen molar-refractivity contribution < 1.29 is 17.7 Å². The Balaban J connectivity index is 2.53. The van der Waals surface area contributed by atoms with Crippen LogP contribution >= 0.6 is 0 Å². The number of nitrogens with zero attached hydrogens (tertiary/aromatic N) is 2. The Bertz CT molecular complexity index is 685. The number of hydrogen-bond donors (Lipinski definition) is 0. The highest BCUT2D eigenvalue weighted by Crippen LogP contribution is 2.30. The highest BCUT2D eigenvalue weighted by molar-refractivity contribution is 7.89. The molecule has 0 bridgehead atoms. The molecule has 20 heavy (non-hydrogen) atoms. The van der Waals surface area contributed by atoms with Gasteiger partial charge in [0, 0.05) is 13.1 Å². The van der Waals surface area contributed by atoms with Crippen molar-refractivity contribution in [1.29, 1.82) is 0 Å². The average molecular weight is 300 g/mol. The van der Waals surface area contributed by atoms with Gasteiger partial charge in [0.15, 0.2) is 4.90 Å². The van der Waals surface area contributed by atoms with Gasteiger partial charge in [-0.3, -0.25) is 10.1 Å². The molecule has 0 aliphatic carbocycles. The van der Waals surface area contributed by atoms with Gasteiger partial charge in [-0.25, -0.2) is 8.42 Å². The van der Waals surface area contributed by atoms with Crippen LogP contribution < -0.4 is 0 Å². The maximum absolute atomic E-state index is 13.5. The average Bonchev–Trinajstić information content (AvgIpc) is 2.38. The molecule has 6 nitrogen and oxygen atoms in total. The van der Waals surface area contributed by atoms with E-state index in [0.717, 1.165) is 28.1 Å². The molecule has 1 aromatic carbocycles. The number of halogens is 1. The van der Waals surface area contributed by atoms with Crippen LogP contribution in [0.1, 0.15) is 13.3 Å². The molecule has 0 unspecified atom stereocenters. The lowest BCUT2D eigenvalue weighted by Gasteiger charge is -2.25. The van der Waals surface area contributed by atoms with Crippen LogP contribution in [-0.2, 0) is 10.0 Å². The molecule has 2 rings (SSSR count). The maximum Gasteiger partial charge on any atom is 0.324 e. The summed E-state index contributed by atoms with van der Waals surface area (Å²) in [6, 6.07) is 3.09. The van der Waals surface area contributed by atoms with Crippen LogP contribution in [0.5, 0.6) is 0 Å². The molecule has 108 valence electrons. The van der Waals surface area contributed by atoms with Crippen molar-refractivity contribution in [3.63, 3.8) is 0 Å². The number of para-hydroxylation sites is 1. The fraction of sp³-hybridized carbons (Fsp3) is 0.333. The Hall–Kier alpha value is -1.80. The third kappa shape index (κ3) is 2.56. The lowest BCUT2D eigenvalue weighted by Crippen LogP contribution is -2.35. The third-order valence-electron chi connectivity index (χ3n) is 3.05. The van der Waals surface area contributed by atoms with Crippen LogP contribution in [0, 0.1) is 15.9 Å². The number of sulfonamides is 1. The number of rotatable bonds is 3. The second-order valence-corrected chi connectivity index (χ2v) is 6.43. The first-order valence-corrected chi connectivity index (χ1v) is 7.36. The SMILES string of the molecule is CC1=CCCN(S(=O)(=O)c2cccc(F)c2[N+](=O)[O-])C1. The van der Waals surface area contributed by atoms with Crippen LogP contribution in [0.4, 0.5) is 10.1 Å². The molecule has 0 saturated heterocycles. The number of nitro groups is 1. The third-order valence-corrected chi connectivity index (χ3v) is 4.92. The Morgan fingerprint density at radius 1 is 1.40 bits per heavy atom. The van der Waals surface area contributed by atoms with Crippen LogP contribution in [0.2, 0.25) is 0 Å². The van der Waals surface area contributed by atoms with Crippen molar-refractivity contribution in [1.82, 2.24) is 4.31 Å². The van der Waals surface area contributed by atoms with E-state index in [-0.39, 0.29) is 13.1 Å². The zero-order valence-corrected chi connectivity index (χ0v) is 11.6. The minimum Gasteiger partial charge on any atom is -0.258 e. The molecule has 0 amide bonds. The molecule has 0 radical (unpaired) electrons.